The molecule has 24 heavy (non-hydrogen) atoms. The molecule has 0 saturated carbocycles. The molecule has 1 N–H and O–H groups in total. The first-order valence-corrected chi connectivity index (χ1v) is 7.74. The summed E-state index contributed by atoms with van der Waals surface area (Å²) >= 11 is 6.03. The molecule has 0 radical (unpaired) electrons. The van der Waals surface area contributed by atoms with Gasteiger partial charge in [-0.1, -0.05) is 41.9 Å². The monoisotopic (exact) mass is 338 g/mol. The average molecular weight is 339 g/mol. The zero-order valence-electron chi connectivity index (χ0n) is 12.8. The Bertz CT molecular complexity index is 859. The summed E-state index contributed by atoms with van der Waals surface area (Å²) in [7, 11) is 0. The number of hydrogen-bond acceptors (Lipinski definition) is 3. The quantitative estimate of drug-likeness (QED) is 0.573. The minimum atomic E-state index is -0.277. The van der Waals surface area contributed by atoms with E-state index in [0.717, 1.165) is 11.1 Å². The number of hydrazone groups is 1. The highest BCUT2D eigenvalue weighted by molar-refractivity contribution is 6.33. The number of nitrogens with one attached hydrogen (secondary N) is 1. The van der Waals surface area contributed by atoms with E-state index in [-0.39, 0.29) is 5.91 Å². The van der Waals surface area contributed by atoms with E-state index in [1.807, 2.05) is 48.7 Å². The molecule has 0 aliphatic rings. The van der Waals surface area contributed by atoms with Crippen LogP contribution in [0.25, 0.3) is 0 Å². The smallest absolute Gasteiger partial charge is 0.268 e. The van der Waals surface area contributed by atoms with E-state index in [2.05, 4.69) is 15.6 Å². The van der Waals surface area contributed by atoms with Crippen LogP contribution in [0.15, 0.2) is 72.1 Å². The number of benzene rings is 2. The van der Waals surface area contributed by atoms with Crippen LogP contribution in [0.2, 0.25) is 5.02 Å². The zero-order valence-corrected chi connectivity index (χ0v) is 13.5. The van der Waals surface area contributed by atoms with Crippen LogP contribution < -0.4 is 5.43 Å². The molecular formula is C18H15ClN4O. The van der Waals surface area contributed by atoms with Crippen LogP contribution in [0.3, 0.4) is 0 Å². The van der Waals surface area contributed by atoms with Crippen LogP contribution in [-0.2, 0) is 6.54 Å². The van der Waals surface area contributed by atoms with Gasteiger partial charge >= 0.3 is 0 Å². The van der Waals surface area contributed by atoms with E-state index < -0.39 is 0 Å². The number of carbonyl (C=O) groups excluding carboxylic acids is 1. The van der Waals surface area contributed by atoms with Gasteiger partial charge in [0.2, 0.25) is 0 Å². The van der Waals surface area contributed by atoms with Crippen molar-refractivity contribution in [1.82, 2.24) is 15.2 Å². The Morgan fingerprint density at radius 2 is 2.08 bits per heavy atom. The lowest BCUT2D eigenvalue weighted by molar-refractivity contribution is 0.0955. The first-order valence-electron chi connectivity index (χ1n) is 7.37. The lowest BCUT2D eigenvalue weighted by Crippen LogP contribution is -2.18. The lowest BCUT2D eigenvalue weighted by Gasteiger charge is -2.05. The van der Waals surface area contributed by atoms with Crippen molar-refractivity contribution in [3.8, 4) is 0 Å². The van der Waals surface area contributed by atoms with Crippen molar-refractivity contribution in [3.05, 3.63) is 88.7 Å². The highest BCUT2D eigenvalue weighted by atomic mass is 35.5. The third-order valence-corrected chi connectivity index (χ3v) is 3.71. The van der Waals surface area contributed by atoms with Crippen LogP contribution in [-0.4, -0.2) is 21.9 Å². The molecule has 0 aliphatic heterocycles. The van der Waals surface area contributed by atoms with Gasteiger partial charge in [-0.05, 0) is 29.8 Å². The van der Waals surface area contributed by atoms with Crippen LogP contribution in [0, 0.1) is 0 Å². The second-order valence-corrected chi connectivity index (χ2v) is 5.53. The predicted molar refractivity (Wildman–Crippen MR) is 94.3 cm³/mol. The van der Waals surface area contributed by atoms with Crippen molar-refractivity contribution in [2.45, 2.75) is 6.54 Å². The standard InChI is InChI=1S/C18H15ClN4O/c19-17-8-2-1-6-16(17)12-20-22-18(24)15-7-3-5-14(11-15)13-23-10-4-9-21-23/h1-12H,13H2,(H,22,24)/b20-12+. The van der Waals surface area contributed by atoms with Gasteiger partial charge in [-0.3, -0.25) is 9.48 Å². The molecule has 1 heterocycles. The summed E-state index contributed by atoms with van der Waals surface area (Å²) in [6.45, 7) is 0.608. The zero-order chi connectivity index (χ0) is 16.8. The molecule has 0 saturated heterocycles. The Morgan fingerprint density at radius 3 is 2.88 bits per heavy atom. The first kappa shape index (κ1) is 16.0. The van der Waals surface area contributed by atoms with Crippen molar-refractivity contribution < 1.29 is 4.79 Å². The van der Waals surface area contributed by atoms with Crippen LogP contribution in [0.1, 0.15) is 21.5 Å². The molecule has 1 aromatic heterocycles. The van der Waals surface area contributed by atoms with Crippen molar-refractivity contribution in [3.63, 3.8) is 0 Å². The largest absolute Gasteiger partial charge is 0.271 e. The number of nitrogens with zero attached hydrogens (tertiary/aromatic N) is 3. The molecule has 3 rings (SSSR count). The molecule has 0 unspecified atom stereocenters. The maximum absolute atomic E-state index is 12.2. The first-order chi connectivity index (χ1) is 11.7. The minimum absolute atomic E-state index is 0.277. The molecule has 0 aliphatic carbocycles. The average Bonchev–Trinajstić information content (AvgIpc) is 3.10. The molecule has 1 amide bonds. The Hall–Kier alpha value is -2.92. The number of aromatic nitrogens is 2. The van der Waals surface area contributed by atoms with Gasteiger partial charge in [0.05, 0.1) is 12.8 Å². The highest BCUT2D eigenvalue weighted by Crippen LogP contribution is 2.12. The van der Waals surface area contributed by atoms with Gasteiger partial charge < -0.3 is 0 Å². The Morgan fingerprint density at radius 1 is 1.21 bits per heavy atom. The fourth-order valence-corrected chi connectivity index (χ4v) is 2.38. The number of carbonyl (C=O) groups is 1. The van der Waals surface area contributed by atoms with Gasteiger partial charge in [0.1, 0.15) is 0 Å². The maximum atomic E-state index is 12.2. The van der Waals surface area contributed by atoms with Gasteiger partial charge in [0, 0.05) is 28.5 Å². The highest BCUT2D eigenvalue weighted by Gasteiger charge is 2.05. The van der Waals surface area contributed by atoms with Gasteiger partial charge in [0.25, 0.3) is 5.91 Å². The number of rotatable bonds is 5. The van der Waals surface area contributed by atoms with E-state index in [1.165, 1.54) is 6.21 Å². The summed E-state index contributed by atoms with van der Waals surface area (Å²) < 4.78 is 1.80. The summed E-state index contributed by atoms with van der Waals surface area (Å²) in [5.74, 6) is -0.277. The fraction of sp³-hybridized carbons (Fsp3) is 0.0556. The Balaban J connectivity index is 1.66. The third-order valence-electron chi connectivity index (χ3n) is 3.37. The number of amides is 1. The molecule has 3 aromatic rings. The molecular weight excluding hydrogens is 324 g/mol. The lowest BCUT2D eigenvalue weighted by atomic mass is 10.1. The van der Waals surface area contributed by atoms with E-state index in [0.29, 0.717) is 17.1 Å². The SMILES string of the molecule is O=C(N/N=C/c1ccccc1Cl)c1cccc(Cn2cccn2)c1. The Kier molecular flexibility index (Phi) is 5.03. The van der Waals surface area contributed by atoms with E-state index in [9.17, 15) is 4.79 Å². The second kappa shape index (κ2) is 7.57. The summed E-state index contributed by atoms with van der Waals surface area (Å²) in [6.07, 6.45) is 5.12. The molecule has 0 fully saturated rings. The molecule has 0 bridgehead atoms. The van der Waals surface area contributed by atoms with Gasteiger partial charge in [-0.25, -0.2) is 5.43 Å². The van der Waals surface area contributed by atoms with Crippen LogP contribution in [0.5, 0.6) is 0 Å². The van der Waals surface area contributed by atoms with E-state index >= 15 is 0 Å². The van der Waals surface area contributed by atoms with Crippen molar-refractivity contribution in [1.29, 1.82) is 0 Å². The second-order valence-electron chi connectivity index (χ2n) is 5.12. The predicted octanol–water partition coefficient (Wildman–Crippen LogP) is 3.35. The van der Waals surface area contributed by atoms with Gasteiger partial charge in [0.15, 0.2) is 0 Å². The summed E-state index contributed by atoms with van der Waals surface area (Å²) in [4.78, 5) is 12.2. The van der Waals surface area contributed by atoms with E-state index in [1.54, 1.807) is 23.0 Å². The number of hydrogen-bond donors (Lipinski definition) is 1. The van der Waals surface area contributed by atoms with Crippen molar-refractivity contribution in [2.24, 2.45) is 5.10 Å². The molecule has 6 heteroatoms. The topological polar surface area (TPSA) is 59.3 Å². The van der Waals surface area contributed by atoms with Crippen molar-refractivity contribution in [2.75, 3.05) is 0 Å². The van der Waals surface area contributed by atoms with Crippen molar-refractivity contribution >= 4 is 23.7 Å². The molecule has 0 atom stereocenters. The fourth-order valence-electron chi connectivity index (χ4n) is 2.20. The maximum Gasteiger partial charge on any atom is 0.271 e. The molecule has 0 spiro atoms. The molecule has 5 nitrogen and oxygen atoms in total. The van der Waals surface area contributed by atoms with Crippen LogP contribution in [0.4, 0.5) is 0 Å². The molecule has 120 valence electrons. The van der Waals surface area contributed by atoms with Gasteiger partial charge in [-0.2, -0.15) is 10.2 Å². The molecule has 2 aromatic carbocycles. The normalized spacial score (nSPS) is 10.9. The van der Waals surface area contributed by atoms with E-state index in [4.69, 9.17) is 11.6 Å². The number of halogens is 1. The third kappa shape index (κ3) is 4.08. The summed E-state index contributed by atoms with van der Waals surface area (Å²) in [5.41, 5.74) is 4.78. The van der Waals surface area contributed by atoms with Gasteiger partial charge in [-0.15, -0.1) is 0 Å². The van der Waals surface area contributed by atoms with Crippen LogP contribution >= 0.6 is 11.6 Å². The Labute approximate surface area is 144 Å². The summed E-state index contributed by atoms with van der Waals surface area (Å²) in [6, 6.07) is 16.5. The summed E-state index contributed by atoms with van der Waals surface area (Å²) in [5, 5.41) is 8.70. The minimum Gasteiger partial charge on any atom is -0.268 e.